The molecule has 1 N–H and O–H groups in total. The van der Waals surface area contributed by atoms with Crippen molar-refractivity contribution in [3.05, 3.63) is 29.8 Å². The fraction of sp³-hybridized carbons (Fsp3) is 0.680. The van der Waals surface area contributed by atoms with Crippen LogP contribution in [0.4, 0.5) is 5.69 Å². The summed E-state index contributed by atoms with van der Waals surface area (Å²) in [6.45, 7) is 16.3. The van der Waals surface area contributed by atoms with Crippen molar-refractivity contribution in [3.63, 3.8) is 0 Å². The number of likely N-dealkylation sites (tertiary alicyclic amines) is 1. The van der Waals surface area contributed by atoms with Crippen LogP contribution in [0.3, 0.4) is 0 Å². The van der Waals surface area contributed by atoms with E-state index >= 15 is 0 Å². The molecule has 2 amide bonds. The van der Waals surface area contributed by atoms with Crippen LogP contribution in [0.25, 0.3) is 0 Å². The lowest BCUT2D eigenvalue weighted by atomic mass is 9.92. The fourth-order valence-electron chi connectivity index (χ4n) is 4.98. The molecule has 0 radical (unpaired) electrons. The van der Waals surface area contributed by atoms with E-state index in [0.29, 0.717) is 24.3 Å². The van der Waals surface area contributed by atoms with Gasteiger partial charge in [0.25, 0.3) is 0 Å². The Balaban J connectivity index is 1.48. The summed E-state index contributed by atoms with van der Waals surface area (Å²) in [5, 5.41) is 3.13. The van der Waals surface area contributed by atoms with Crippen molar-refractivity contribution in [2.45, 2.75) is 53.0 Å². The molecule has 0 bridgehead atoms. The third-order valence-corrected chi connectivity index (χ3v) is 6.76. The number of anilines is 1. The number of piperazine rings is 1. The Bertz CT molecular complexity index is 748. The van der Waals surface area contributed by atoms with Crippen molar-refractivity contribution in [2.75, 3.05) is 51.1 Å². The molecule has 0 aliphatic carbocycles. The van der Waals surface area contributed by atoms with Crippen LogP contribution in [-0.4, -0.2) is 78.4 Å². The summed E-state index contributed by atoms with van der Waals surface area (Å²) < 4.78 is 0. The minimum absolute atomic E-state index is 0.0360. The average Bonchev–Trinajstić information content (AvgIpc) is 2.73. The number of para-hydroxylation sites is 1. The number of carbonyl (C=O) groups excluding carboxylic acids is 2. The summed E-state index contributed by atoms with van der Waals surface area (Å²) in [6, 6.07) is 7.84. The highest BCUT2D eigenvalue weighted by Gasteiger charge is 2.29. The van der Waals surface area contributed by atoms with Gasteiger partial charge in [-0.25, -0.2) is 0 Å². The molecule has 2 heterocycles. The quantitative estimate of drug-likeness (QED) is 0.756. The largest absolute Gasteiger partial charge is 0.341 e. The summed E-state index contributed by atoms with van der Waals surface area (Å²) in [4.78, 5) is 32.2. The van der Waals surface area contributed by atoms with Gasteiger partial charge in [-0.2, -0.15) is 0 Å². The van der Waals surface area contributed by atoms with Crippen LogP contribution in [0.5, 0.6) is 0 Å². The monoisotopic (exact) mass is 428 g/mol. The predicted octanol–water partition coefficient (Wildman–Crippen LogP) is 3.26. The number of nitrogens with one attached hydrogen (secondary N) is 1. The van der Waals surface area contributed by atoms with E-state index in [2.05, 4.69) is 48.9 Å². The Labute approximate surface area is 188 Å². The zero-order valence-electron chi connectivity index (χ0n) is 19.9. The SMILES string of the molecule is CC1CC(C)CN(C(=O)CN2CCN(C(C)C(=O)Nc3ccccc3C(C)C)CC2)C1. The summed E-state index contributed by atoms with van der Waals surface area (Å²) in [6.07, 6.45) is 1.21. The highest BCUT2D eigenvalue weighted by Crippen LogP contribution is 2.24. The van der Waals surface area contributed by atoms with E-state index in [-0.39, 0.29) is 17.9 Å². The maximum atomic E-state index is 12.9. The van der Waals surface area contributed by atoms with Gasteiger partial charge in [0.15, 0.2) is 0 Å². The van der Waals surface area contributed by atoms with Crippen molar-refractivity contribution >= 4 is 17.5 Å². The van der Waals surface area contributed by atoms with Crippen LogP contribution in [0.2, 0.25) is 0 Å². The van der Waals surface area contributed by atoms with Crippen molar-refractivity contribution in [3.8, 4) is 0 Å². The first-order valence-electron chi connectivity index (χ1n) is 11.9. The standard InChI is InChI=1S/C25H40N4O2/c1-18(2)22-8-6-7-9-23(22)26-25(31)21(5)28-12-10-27(11-13-28)17-24(30)29-15-19(3)14-20(4)16-29/h6-9,18-21H,10-17H2,1-5H3,(H,26,31). The van der Waals surface area contributed by atoms with Crippen LogP contribution < -0.4 is 5.32 Å². The summed E-state index contributed by atoms with van der Waals surface area (Å²) >= 11 is 0. The normalized spacial score (nSPS) is 24.3. The molecule has 2 saturated heterocycles. The number of piperidine rings is 1. The minimum atomic E-state index is -0.193. The van der Waals surface area contributed by atoms with Crippen molar-refractivity contribution in [1.82, 2.24) is 14.7 Å². The van der Waals surface area contributed by atoms with Gasteiger partial charge in [-0.1, -0.05) is 45.9 Å². The van der Waals surface area contributed by atoms with E-state index in [1.165, 1.54) is 6.42 Å². The van der Waals surface area contributed by atoms with Crippen LogP contribution in [0, 0.1) is 11.8 Å². The molecule has 0 saturated carbocycles. The first-order chi connectivity index (χ1) is 14.7. The van der Waals surface area contributed by atoms with Gasteiger partial charge in [-0.3, -0.25) is 19.4 Å². The summed E-state index contributed by atoms with van der Waals surface area (Å²) in [7, 11) is 0. The molecule has 6 nitrogen and oxygen atoms in total. The van der Waals surface area contributed by atoms with Crippen molar-refractivity contribution < 1.29 is 9.59 Å². The first kappa shape index (κ1) is 23.7. The van der Waals surface area contributed by atoms with E-state index in [1.807, 2.05) is 30.0 Å². The molecule has 0 spiro atoms. The fourth-order valence-corrected chi connectivity index (χ4v) is 4.98. The lowest BCUT2D eigenvalue weighted by Gasteiger charge is -2.39. The van der Waals surface area contributed by atoms with E-state index < -0.39 is 0 Å². The number of benzene rings is 1. The Kier molecular flexibility index (Phi) is 8.11. The second-order valence-corrected chi connectivity index (χ2v) is 9.96. The van der Waals surface area contributed by atoms with E-state index in [9.17, 15) is 9.59 Å². The lowest BCUT2D eigenvalue weighted by molar-refractivity contribution is -0.136. The minimum Gasteiger partial charge on any atom is -0.341 e. The van der Waals surface area contributed by atoms with E-state index in [4.69, 9.17) is 0 Å². The Morgan fingerprint density at radius 3 is 2.23 bits per heavy atom. The molecule has 6 heteroatoms. The summed E-state index contributed by atoms with van der Waals surface area (Å²) in [5.74, 6) is 1.82. The second kappa shape index (κ2) is 10.6. The summed E-state index contributed by atoms with van der Waals surface area (Å²) in [5.41, 5.74) is 2.07. The molecule has 3 atom stereocenters. The van der Waals surface area contributed by atoms with E-state index in [0.717, 1.165) is 50.5 Å². The van der Waals surface area contributed by atoms with Gasteiger partial charge in [-0.05, 0) is 42.7 Å². The van der Waals surface area contributed by atoms with Crippen LogP contribution in [0.1, 0.15) is 52.5 Å². The number of hydrogen-bond donors (Lipinski definition) is 1. The van der Waals surface area contributed by atoms with Gasteiger partial charge < -0.3 is 10.2 Å². The van der Waals surface area contributed by atoms with Crippen molar-refractivity contribution in [1.29, 1.82) is 0 Å². The average molecular weight is 429 g/mol. The van der Waals surface area contributed by atoms with Crippen LogP contribution in [-0.2, 0) is 9.59 Å². The van der Waals surface area contributed by atoms with Crippen molar-refractivity contribution in [2.24, 2.45) is 11.8 Å². The number of amides is 2. The number of carbonyl (C=O) groups is 2. The highest BCUT2D eigenvalue weighted by atomic mass is 16.2. The predicted molar refractivity (Wildman–Crippen MR) is 126 cm³/mol. The molecule has 31 heavy (non-hydrogen) atoms. The third kappa shape index (κ3) is 6.30. The Hall–Kier alpha value is -1.92. The zero-order valence-corrected chi connectivity index (χ0v) is 19.9. The number of hydrogen-bond acceptors (Lipinski definition) is 4. The highest BCUT2D eigenvalue weighted by molar-refractivity contribution is 5.95. The molecule has 0 aromatic heterocycles. The van der Waals surface area contributed by atoms with Gasteiger partial charge in [0.05, 0.1) is 12.6 Å². The zero-order chi connectivity index (χ0) is 22.5. The van der Waals surface area contributed by atoms with Gasteiger partial charge in [0, 0.05) is 45.0 Å². The topological polar surface area (TPSA) is 55.9 Å². The molecule has 2 aliphatic rings. The molecular weight excluding hydrogens is 388 g/mol. The maximum absolute atomic E-state index is 12.9. The molecule has 3 unspecified atom stereocenters. The molecular formula is C25H40N4O2. The third-order valence-electron chi connectivity index (χ3n) is 6.76. The second-order valence-electron chi connectivity index (χ2n) is 9.96. The molecule has 2 fully saturated rings. The molecule has 1 aromatic carbocycles. The molecule has 3 rings (SSSR count). The molecule has 172 valence electrons. The smallest absolute Gasteiger partial charge is 0.241 e. The first-order valence-corrected chi connectivity index (χ1v) is 11.9. The van der Waals surface area contributed by atoms with Gasteiger partial charge in [-0.15, -0.1) is 0 Å². The number of rotatable bonds is 6. The van der Waals surface area contributed by atoms with Crippen LogP contribution >= 0.6 is 0 Å². The molecule has 2 aliphatic heterocycles. The van der Waals surface area contributed by atoms with E-state index in [1.54, 1.807) is 0 Å². The maximum Gasteiger partial charge on any atom is 0.241 e. The van der Waals surface area contributed by atoms with Gasteiger partial charge in [0.1, 0.15) is 0 Å². The van der Waals surface area contributed by atoms with Gasteiger partial charge >= 0.3 is 0 Å². The lowest BCUT2D eigenvalue weighted by Crippen LogP contribution is -2.55. The molecule has 1 aromatic rings. The Morgan fingerprint density at radius 1 is 1.00 bits per heavy atom. The number of nitrogens with zero attached hydrogens (tertiary/aromatic N) is 3. The van der Waals surface area contributed by atoms with Crippen LogP contribution in [0.15, 0.2) is 24.3 Å². The Morgan fingerprint density at radius 2 is 1.61 bits per heavy atom. The van der Waals surface area contributed by atoms with Gasteiger partial charge in [0.2, 0.25) is 11.8 Å².